The molecular formula is C13H11N5O4S. The monoisotopic (exact) mass is 333 g/mol. The third kappa shape index (κ3) is 3.54. The summed E-state index contributed by atoms with van der Waals surface area (Å²) in [6.45, 7) is 0. The summed E-state index contributed by atoms with van der Waals surface area (Å²) in [4.78, 5) is 46.8. The second-order valence-electron chi connectivity index (χ2n) is 4.56. The summed E-state index contributed by atoms with van der Waals surface area (Å²) < 4.78 is 5.03. The van der Waals surface area contributed by atoms with Crippen molar-refractivity contribution in [1.29, 1.82) is 0 Å². The zero-order chi connectivity index (χ0) is 16.2. The smallest absolute Gasteiger partial charge is 0.302 e. The average Bonchev–Trinajstić information content (AvgIpc) is 3.18. The summed E-state index contributed by atoms with van der Waals surface area (Å²) >= 11 is 1.19. The van der Waals surface area contributed by atoms with Gasteiger partial charge in [-0.3, -0.25) is 24.7 Å². The van der Waals surface area contributed by atoms with Crippen LogP contribution >= 0.6 is 11.8 Å². The molecule has 1 atom stereocenters. The number of anilines is 1. The number of aromatic nitrogens is 3. The maximum absolute atomic E-state index is 12.0. The Labute approximate surface area is 134 Å². The van der Waals surface area contributed by atoms with Gasteiger partial charge >= 0.3 is 6.01 Å². The molecule has 2 N–H and O–H groups in total. The largest absolute Gasteiger partial charge is 0.431 e. The normalized spacial score (nSPS) is 17.0. The van der Waals surface area contributed by atoms with E-state index in [2.05, 4.69) is 25.6 Å². The van der Waals surface area contributed by atoms with Crippen LogP contribution in [0.25, 0.3) is 0 Å². The van der Waals surface area contributed by atoms with Crippen LogP contribution in [0.4, 0.5) is 6.01 Å². The predicted octanol–water partition coefficient (Wildman–Crippen LogP) is 0.479. The minimum Gasteiger partial charge on any atom is -0.431 e. The van der Waals surface area contributed by atoms with Gasteiger partial charge in [-0.2, -0.15) is 4.98 Å². The Kier molecular flexibility index (Phi) is 4.33. The molecule has 0 spiro atoms. The highest BCUT2D eigenvalue weighted by atomic mass is 32.2. The number of carbonyl (C=O) groups is 3. The van der Waals surface area contributed by atoms with Gasteiger partial charge in [0.15, 0.2) is 5.69 Å². The Balaban J connectivity index is 1.62. The lowest BCUT2D eigenvalue weighted by Crippen LogP contribution is -2.37. The third-order valence-electron chi connectivity index (χ3n) is 2.99. The van der Waals surface area contributed by atoms with Gasteiger partial charge in [-0.1, -0.05) is 11.8 Å². The molecule has 1 fully saturated rings. The molecule has 0 bridgehead atoms. The standard InChI is InChI=1S/C13H11N5O4S/c19-10(8-5-14-2-3-15-8)18-13-17-9(6-22-13)11(20)16-7-1-4-23-12(7)21/h2-3,5-7H,1,4H2,(H,16,20)(H,17,18,19)/t7-/m1/s1. The lowest BCUT2D eigenvalue weighted by molar-refractivity contribution is -0.112. The first-order valence-corrected chi connectivity index (χ1v) is 7.62. The molecule has 118 valence electrons. The van der Waals surface area contributed by atoms with Crippen molar-refractivity contribution in [2.24, 2.45) is 0 Å². The van der Waals surface area contributed by atoms with Crippen LogP contribution in [0.1, 0.15) is 27.4 Å². The van der Waals surface area contributed by atoms with Gasteiger partial charge in [-0.25, -0.2) is 4.98 Å². The van der Waals surface area contributed by atoms with Crippen molar-refractivity contribution in [3.63, 3.8) is 0 Å². The van der Waals surface area contributed by atoms with E-state index in [9.17, 15) is 14.4 Å². The van der Waals surface area contributed by atoms with Crippen LogP contribution in [0.15, 0.2) is 29.3 Å². The molecule has 3 rings (SSSR count). The Morgan fingerprint density at radius 3 is 2.83 bits per heavy atom. The van der Waals surface area contributed by atoms with Crippen molar-refractivity contribution in [1.82, 2.24) is 20.3 Å². The van der Waals surface area contributed by atoms with Crippen LogP contribution in [-0.4, -0.2) is 43.7 Å². The number of nitrogens with one attached hydrogen (secondary N) is 2. The molecule has 1 aliphatic rings. The second-order valence-corrected chi connectivity index (χ2v) is 5.66. The molecule has 2 amide bonds. The molecular weight excluding hydrogens is 322 g/mol. The molecule has 0 aliphatic carbocycles. The highest BCUT2D eigenvalue weighted by Crippen LogP contribution is 2.20. The number of hydrogen-bond acceptors (Lipinski definition) is 8. The van der Waals surface area contributed by atoms with E-state index in [-0.39, 0.29) is 22.5 Å². The number of rotatable bonds is 4. The fourth-order valence-corrected chi connectivity index (χ4v) is 2.80. The van der Waals surface area contributed by atoms with Gasteiger partial charge < -0.3 is 9.73 Å². The van der Waals surface area contributed by atoms with Gasteiger partial charge in [0.2, 0.25) is 5.12 Å². The fraction of sp³-hybridized carbons (Fsp3) is 0.231. The maximum Gasteiger partial charge on any atom is 0.302 e. The van der Waals surface area contributed by atoms with E-state index in [4.69, 9.17) is 4.42 Å². The molecule has 1 aliphatic heterocycles. The summed E-state index contributed by atoms with van der Waals surface area (Å²) in [5, 5.41) is 4.87. The van der Waals surface area contributed by atoms with Crippen LogP contribution in [-0.2, 0) is 4.79 Å². The van der Waals surface area contributed by atoms with Gasteiger partial charge in [0, 0.05) is 18.1 Å². The van der Waals surface area contributed by atoms with Crippen LogP contribution in [0.2, 0.25) is 0 Å². The van der Waals surface area contributed by atoms with E-state index in [1.807, 2.05) is 0 Å². The second kappa shape index (κ2) is 6.57. The van der Waals surface area contributed by atoms with E-state index in [0.717, 1.165) is 6.26 Å². The Bertz CT molecular complexity index is 748. The molecule has 0 radical (unpaired) electrons. The first kappa shape index (κ1) is 15.2. The minimum atomic E-state index is -0.561. The highest BCUT2D eigenvalue weighted by molar-refractivity contribution is 8.14. The highest BCUT2D eigenvalue weighted by Gasteiger charge is 2.28. The molecule has 0 saturated carbocycles. The lowest BCUT2D eigenvalue weighted by Gasteiger charge is -2.07. The summed E-state index contributed by atoms with van der Waals surface area (Å²) in [5.74, 6) is -0.411. The summed E-state index contributed by atoms with van der Waals surface area (Å²) in [6, 6.07) is -0.653. The third-order valence-corrected chi connectivity index (χ3v) is 4.00. The van der Waals surface area contributed by atoms with Gasteiger partial charge in [0.1, 0.15) is 12.0 Å². The van der Waals surface area contributed by atoms with Crippen molar-refractivity contribution in [3.8, 4) is 0 Å². The zero-order valence-corrected chi connectivity index (χ0v) is 12.5. The van der Waals surface area contributed by atoms with Crippen molar-refractivity contribution in [2.45, 2.75) is 12.5 Å². The van der Waals surface area contributed by atoms with E-state index in [1.54, 1.807) is 0 Å². The van der Waals surface area contributed by atoms with E-state index < -0.39 is 17.9 Å². The number of nitrogens with zero attached hydrogens (tertiary/aromatic N) is 3. The van der Waals surface area contributed by atoms with Crippen molar-refractivity contribution >= 4 is 34.7 Å². The van der Waals surface area contributed by atoms with Gasteiger partial charge in [0.25, 0.3) is 11.8 Å². The van der Waals surface area contributed by atoms with Crippen LogP contribution in [0.3, 0.4) is 0 Å². The first-order valence-electron chi connectivity index (χ1n) is 6.64. The molecule has 1 saturated heterocycles. The maximum atomic E-state index is 12.0. The predicted molar refractivity (Wildman–Crippen MR) is 79.8 cm³/mol. The summed E-state index contributed by atoms with van der Waals surface area (Å²) in [7, 11) is 0. The van der Waals surface area contributed by atoms with Crippen molar-refractivity contribution < 1.29 is 18.8 Å². The van der Waals surface area contributed by atoms with Gasteiger partial charge in [-0.05, 0) is 6.42 Å². The molecule has 9 nitrogen and oxygen atoms in total. The molecule has 0 unspecified atom stereocenters. The molecule has 2 aromatic rings. The molecule has 2 aromatic heterocycles. The lowest BCUT2D eigenvalue weighted by atomic mass is 10.2. The fourth-order valence-electron chi connectivity index (χ4n) is 1.87. The zero-order valence-electron chi connectivity index (χ0n) is 11.7. The van der Waals surface area contributed by atoms with Gasteiger partial charge in [-0.15, -0.1) is 0 Å². The number of amides is 2. The Morgan fingerprint density at radius 2 is 2.13 bits per heavy atom. The molecule has 3 heterocycles. The van der Waals surface area contributed by atoms with Crippen LogP contribution in [0, 0.1) is 0 Å². The van der Waals surface area contributed by atoms with Crippen molar-refractivity contribution in [3.05, 3.63) is 36.2 Å². The van der Waals surface area contributed by atoms with E-state index >= 15 is 0 Å². The SMILES string of the molecule is O=C(Nc1nc(C(=O)N[C@@H]2CCSC2=O)co1)c1cnccn1. The van der Waals surface area contributed by atoms with Crippen LogP contribution in [0.5, 0.6) is 0 Å². The quantitative estimate of drug-likeness (QED) is 0.827. The average molecular weight is 333 g/mol. The summed E-state index contributed by atoms with van der Waals surface area (Å²) in [6.07, 6.45) is 5.79. The Hall–Kier alpha value is -2.75. The number of hydrogen-bond donors (Lipinski definition) is 2. The summed E-state index contributed by atoms with van der Waals surface area (Å²) in [5.41, 5.74) is 0.0643. The first-order chi connectivity index (χ1) is 11.1. The van der Waals surface area contributed by atoms with Crippen LogP contribution < -0.4 is 10.6 Å². The minimum absolute atomic E-state index is 0.0239. The topological polar surface area (TPSA) is 127 Å². The number of carbonyl (C=O) groups excluding carboxylic acids is 3. The van der Waals surface area contributed by atoms with E-state index in [0.29, 0.717) is 12.2 Å². The van der Waals surface area contributed by atoms with E-state index in [1.165, 1.54) is 30.4 Å². The molecule has 0 aromatic carbocycles. The van der Waals surface area contributed by atoms with Crippen molar-refractivity contribution in [2.75, 3.05) is 11.1 Å². The number of thioether (sulfide) groups is 1. The molecule has 10 heteroatoms. The van der Waals surface area contributed by atoms with Gasteiger partial charge in [0.05, 0.1) is 12.2 Å². The number of oxazole rings is 1. The molecule has 23 heavy (non-hydrogen) atoms. The Morgan fingerprint density at radius 1 is 1.26 bits per heavy atom.